The lowest BCUT2D eigenvalue weighted by Gasteiger charge is -2.30. The van der Waals surface area contributed by atoms with Crippen molar-refractivity contribution in [2.45, 2.75) is 69.2 Å². The molecule has 0 radical (unpaired) electrons. The Morgan fingerprint density at radius 1 is 1.05 bits per heavy atom. The van der Waals surface area contributed by atoms with Gasteiger partial charge in [-0.05, 0) is 61.8 Å². The number of halogens is 1. The van der Waals surface area contributed by atoms with Crippen LogP contribution in [0.3, 0.4) is 0 Å². The van der Waals surface area contributed by atoms with E-state index in [1.165, 1.54) is 24.8 Å². The lowest BCUT2D eigenvalue weighted by Crippen LogP contribution is -2.50. The lowest BCUT2D eigenvalue weighted by molar-refractivity contribution is -0.141. The smallest absolute Gasteiger partial charge is 0.249 e. The molecule has 0 spiro atoms. The van der Waals surface area contributed by atoms with Crippen LogP contribution in [0.15, 0.2) is 54.6 Å². The number of nitrogens with two attached hydrogens (primary N) is 1. The number of nitrogens with one attached hydrogen (secondary N) is 1. The number of hydrogen-bond donors (Lipinski definition) is 2. The second-order valence-corrected chi connectivity index (χ2v) is 10.3. The summed E-state index contributed by atoms with van der Waals surface area (Å²) >= 11 is 0. The summed E-state index contributed by atoms with van der Waals surface area (Å²) in [4.78, 5) is 30.4. The summed E-state index contributed by atoms with van der Waals surface area (Å²) in [5, 5.41) is 3.19. The van der Waals surface area contributed by atoms with Crippen molar-refractivity contribution < 1.29 is 18.7 Å². The highest BCUT2D eigenvalue weighted by molar-refractivity contribution is 5.89. The van der Waals surface area contributed by atoms with Crippen molar-refractivity contribution in [1.82, 2.24) is 15.1 Å². The fourth-order valence-electron chi connectivity index (χ4n) is 5.50. The molecule has 7 nitrogen and oxygen atoms in total. The third-order valence-corrected chi connectivity index (χ3v) is 7.63. The molecule has 3 N–H and O–H groups in total. The van der Waals surface area contributed by atoms with E-state index in [9.17, 15) is 14.0 Å². The molecule has 2 aromatic carbocycles. The van der Waals surface area contributed by atoms with Crippen LogP contribution >= 0.6 is 0 Å². The Kier molecular flexibility index (Phi) is 9.66. The molecule has 1 saturated heterocycles. The molecule has 0 aromatic heterocycles. The molecule has 1 saturated carbocycles. The highest BCUT2D eigenvalue weighted by Crippen LogP contribution is 2.26. The van der Waals surface area contributed by atoms with Crippen molar-refractivity contribution in [2.24, 2.45) is 5.73 Å². The Labute approximate surface area is 219 Å². The van der Waals surface area contributed by atoms with Crippen molar-refractivity contribution >= 4 is 11.8 Å². The number of likely N-dealkylation sites (tertiary alicyclic amines) is 1. The van der Waals surface area contributed by atoms with Gasteiger partial charge in [0.2, 0.25) is 11.8 Å². The normalized spacial score (nSPS) is 23.8. The van der Waals surface area contributed by atoms with Crippen molar-refractivity contribution in [2.75, 3.05) is 26.8 Å². The highest BCUT2D eigenvalue weighted by Gasteiger charge is 2.42. The molecule has 2 aliphatic rings. The Balaban J connectivity index is 1.50. The van der Waals surface area contributed by atoms with Crippen LogP contribution in [0.25, 0.3) is 0 Å². The summed E-state index contributed by atoms with van der Waals surface area (Å²) in [6.45, 7) is 1.76. The van der Waals surface area contributed by atoms with Crippen LogP contribution in [0.5, 0.6) is 0 Å². The van der Waals surface area contributed by atoms with Gasteiger partial charge in [0.05, 0.1) is 0 Å². The number of ether oxygens (including phenoxy) is 1. The lowest BCUT2D eigenvalue weighted by atomic mass is 9.91. The number of rotatable bonds is 10. The van der Waals surface area contributed by atoms with E-state index >= 15 is 0 Å². The van der Waals surface area contributed by atoms with E-state index in [-0.39, 0.29) is 42.4 Å². The molecule has 2 fully saturated rings. The molecule has 200 valence electrons. The van der Waals surface area contributed by atoms with Crippen molar-refractivity contribution in [3.05, 3.63) is 71.5 Å². The SMILES string of the molecule is COCC(=O)N1CC(N(CCc2ccccc2)Cc2ccc(F)cc2)CC1C(=O)NC1CCC(N)CC1. The summed E-state index contributed by atoms with van der Waals surface area (Å²) in [7, 11) is 1.49. The second kappa shape index (κ2) is 13.1. The minimum absolute atomic E-state index is 0.00917. The molecule has 2 aromatic rings. The van der Waals surface area contributed by atoms with E-state index < -0.39 is 6.04 Å². The molecule has 4 rings (SSSR count). The minimum atomic E-state index is -0.546. The first-order chi connectivity index (χ1) is 17.9. The monoisotopic (exact) mass is 510 g/mol. The van der Waals surface area contributed by atoms with E-state index in [0.717, 1.165) is 44.2 Å². The second-order valence-electron chi connectivity index (χ2n) is 10.3. The van der Waals surface area contributed by atoms with E-state index in [2.05, 4.69) is 22.3 Å². The van der Waals surface area contributed by atoms with Crippen LogP contribution in [0, 0.1) is 5.82 Å². The Morgan fingerprint density at radius 2 is 1.76 bits per heavy atom. The largest absolute Gasteiger partial charge is 0.375 e. The number of carbonyl (C=O) groups is 2. The van der Waals surface area contributed by atoms with Gasteiger partial charge >= 0.3 is 0 Å². The first-order valence-electron chi connectivity index (χ1n) is 13.3. The molecule has 8 heteroatoms. The molecule has 2 unspecified atom stereocenters. The van der Waals surface area contributed by atoms with E-state index in [1.54, 1.807) is 17.0 Å². The van der Waals surface area contributed by atoms with Crippen LogP contribution in [0.4, 0.5) is 4.39 Å². The van der Waals surface area contributed by atoms with Crippen LogP contribution in [0.2, 0.25) is 0 Å². The zero-order valence-electron chi connectivity index (χ0n) is 21.7. The maximum atomic E-state index is 13.5. The van der Waals surface area contributed by atoms with Gasteiger partial charge in [0.1, 0.15) is 18.5 Å². The molecule has 0 bridgehead atoms. The predicted octanol–water partition coefficient (Wildman–Crippen LogP) is 2.87. The standard InChI is InChI=1S/C29H39FN4O3/c1-37-20-28(35)34-19-26(17-27(34)29(36)32-25-13-11-24(31)12-14-25)33(16-15-21-5-3-2-4-6-21)18-22-7-9-23(30)10-8-22/h2-10,24-27H,11-20,31H2,1H3,(H,32,36). The Bertz CT molecular complexity index is 1010. The van der Waals surface area contributed by atoms with Crippen LogP contribution < -0.4 is 11.1 Å². The van der Waals surface area contributed by atoms with Crippen LogP contribution in [0.1, 0.15) is 43.2 Å². The zero-order valence-corrected chi connectivity index (χ0v) is 21.7. The Morgan fingerprint density at radius 3 is 2.43 bits per heavy atom. The molecular weight excluding hydrogens is 471 g/mol. The van der Waals surface area contributed by atoms with Gasteiger partial charge in [0.25, 0.3) is 0 Å². The Hall–Kier alpha value is -2.81. The molecular formula is C29H39FN4O3. The minimum Gasteiger partial charge on any atom is -0.375 e. The number of hydrogen-bond acceptors (Lipinski definition) is 5. The molecule has 37 heavy (non-hydrogen) atoms. The average Bonchev–Trinajstić information content (AvgIpc) is 3.36. The van der Waals surface area contributed by atoms with Crippen LogP contribution in [-0.2, 0) is 27.3 Å². The fraction of sp³-hybridized carbons (Fsp3) is 0.517. The zero-order chi connectivity index (χ0) is 26.2. The number of carbonyl (C=O) groups excluding carboxylic acids is 2. The number of benzene rings is 2. The summed E-state index contributed by atoms with van der Waals surface area (Å²) < 4.78 is 18.7. The van der Waals surface area contributed by atoms with Gasteiger partial charge in [-0.25, -0.2) is 4.39 Å². The van der Waals surface area contributed by atoms with Crippen molar-refractivity contribution in [3.8, 4) is 0 Å². The summed E-state index contributed by atoms with van der Waals surface area (Å²) in [5.74, 6) is -0.546. The van der Waals surface area contributed by atoms with E-state index in [0.29, 0.717) is 19.5 Å². The summed E-state index contributed by atoms with van der Waals surface area (Å²) in [5.41, 5.74) is 8.25. The highest BCUT2D eigenvalue weighted by atomic mass is 19.1. The number of methoxy groups -OCH3 is 1. The van der Waals surface area contributed by atoms with Gasteiger partial charge in [-0.2, -0.15) is 0 Å². The maximum absolute atomic E-state index is 13.5. The molecule has 2 amide bonds. The number of nitrogens with zero attached hydrogens (tertiary/aromatic N) is 2. The average molecular weight is 511 g/mol. The first-order valence-corrected chi connectivity index (χ1v) is 13.3. The summed E-state index contributed by atoms with van der Waals surface area (Å²) in [6.07, 6.45) is 4.91. The van der Waals surface area contributed by atoms with Gasteiger partial charge in [0.15, 0.2) is 0 Å². The first kappa shape index (κ1) is 27.2. The van der Waals surface area contributed by atoms with Crippen molar-refractivity contribution in [3.63, 3.8) is 0 Å². The number of amides is 2. The molecule has 2 atom stereocenters. The predicted molar refractivity (Wildman–Crippen MR) is 141 cm³/mol. The fourth-order valence-corrected chi connectivity index (χ4v) is 5.50. The summed E-state index contributed by atoms with van der Waals surface area (Å²) in [6, 6.07) is 16.5. The molecule has 1 aliphatic carbocycles. The van der Waals surface area contributed by atoms with Gasteiger partial charge in [-0.1, -0.05) is 42.5 Å². The quantitative estimate of drug-likeness (QED) is 0.513. The van der Waals surface area contributed by atoms with E-state index in [4.69, 9.17) is 10.5 Å². The third kappa shape index (κ3) is 7.60. The van der Waals surface area contributed by atoms with Gasteiger partial charge < -0.3 is 20.7 Å². The van der Waals surface area contributed by atoms with Gasteiger partial charge in [0, 0.05) is 44.9 Å². The third-order valence-electron chi connectivity index (χ3n) is 7.63. The topological polar surface area (TPSA) is 87.9 Å². The molecule has 1 heterocycles. The van der Waals surface area contributed by atoms with Gasteiger partial charge in [-0.15, -0.1) is 0 Å². The maximum Gasteiger partial charge on any atom is 0.249 e. The van der Waals surface area contributed by atoms with Gasteiger partial charge in [-0.3, -0.25) is 14.5 Å². The van der Waals surface area contributed by atoms with E-state index in [1.807, 2.05) is 18.2 Å². The molecule has 1 aliphatic heterocycles. The van der Waals surface area contributed by atoms with Crippen LogP contribution in [-0.4, -0.2) is 72.6 Å². The van der Waals surface area contributed by atoms with Crippen molar-refractivity contribution in [1.29, 1.82) is 0 Å².